The van der Waals surface area contributed by atoms with Crippen LogP contribution in [0.5, 0.6) is 0 Å². The monoisotopic (exact) mass is 155 g/mol. The Labute approximate surface area is 65.9 Å². The third-order valence-electron chi connectivity index (χ3n) is 1.59. The van der Waals surface area contributed by atoms with Gasteiger partial charge >= 0.3 is 0 Å². The summed E-state index contributed by atoms with van der Waals surface area (Å²) in [5.41, 5.74) is 5.89. The Morgan fingerprint density at radius 1 is 1.50 bits per heavy atom. The number of nitrogens with two attached hydrogens (primary N) is 1. The highest BCUT2D eigenvalue weighted by molar-refractivity contribution is 7.10. The molecule has 0 amide bonds. The molecule has 0 aliphatic carbocycles. The molecule has 0 spiro atoms. The van der Waals surface area contributed by atoms with Crippen LogP contribution in [0.2, 0.25) is 0 Å². The Hall–Kier alpha value is -0.340. The minimum absolute atomic E-state index is 0.222. The third kappa shape index (κ3) is 1.58. The first-order valence-electron chi connectivity index (χ1n) is 3.51. The highest BCUT2D eigenvalue weighted by Gasteiger charge is 2.09. The summed E-state index contributed by atoms with van der Waals surface area (Å²) in [4.78, 5) is 1.29. The Morgan fingerprint density at radius 2 is 2.20 bits per heavy atom. The zero-order chi connectivity index (χ0) is 7.56. The molecule has 0 saturated carbocycles. The van der Waals surface area contributed by atoms with Crippen molar-refractivity contribution in [2.75, 3.05) is 0 Å². The summed E-state index contributed by atoms with van der Waals surface area (Å²) in [7, 11) is 0. The Balaban J connectivity index is 2.68. The number of thiophene rings is 1. The topological polar surface area (TPSA) is 26.0 Å². The van der Waals surface area contributed by atoms with Crippen LogP contribution < -0.4 is 5.73 Å². The molecule has 0 radical (unpaired) electrons. The van der Waals surface area contributed by atoms with E-state index in [0.29, 0.717) is 5.92 Å². The van der Waals surface area contributed by atoms with Crippen molar-refractivity contribution in [3.63, 3.8) is 0 Å². The second-order valence-corrected chi connectivity index (χ2v) is 3.76. The van der Waals surface area contributed by atoms with Crippen LogP contribution in [0.1, 0.15) is 24.8 Å². The molecule has 0 unspecified atom stereocenters. The molecule has 2 N–H and O–H groups in total. The van der Waals surface area contributed by atoms with Gasteiger partial charge in [-0.2, -0.15) is 0 Å². The van der Waals surface area contributed by atoms with Crippen LogP contribution in [-0.2, 0) is 0 Å². The van der Waals surface area contributed by atoms with Crippen LogP contribution in [0.25, 0.3) is 0 Å². The van der Waals surface area contributed by atoms with Crippen LogP contribution >= 0.6 is 11.3 Å². The molecule has 1 heterocycles. The van der Waals surface area contributed by atoms with E-state index in [2.05, 4.69) is 25.3 Å². The van der Waals surface area contributed by atoms with Gasteiger partial charge < -0.3 is 5.73 Å². The fourth-order valence-corrected chi connectivity index (χ4v) is 1.71. The summed E-state index contributed by atoms with van der Waals surface area (Å²) in [5.74, 6) is 0.540. The van der Waals surface area contributed by atoms with Gasteiger partial charge in [-0.05, 0) is 17.4 Å². The molecule has 0 saturated heterocycles. The van der Waals surface area contributed by atoms with E-state index in [1.54, 1.807) is 11.3 Å². The summed E-state index contributed by atoms with van der Waals surface area (Å²) in [6.07, 6.45) is 0. The summed E-state index contributed by atoms with van der Waals surface area (Å²) < 4.78 is 0. The van der Waals surface area contributed by atoms with Crippen molar-refractivity contribution in [1.29, 1.82) is 0 Å². The van der Waals surface area contributed by atoms with E-state index >= 15 is 0 Å². The minimum Gasteiger partial charge on any atom is -0.323 e. The Kier molecular flexibility index (Phi) is 2.46. The maximum absolute atomic E-state index is 5.89. The average molecular weight is 155 g/mol. The molecule has 1 rings (SSSR count). The summed E-state index contributed by atoms with van der Waals surface area (Å²) in [6, 6.07) is 4.36. The van der Waals surface area contributed by atoms with Gasteiger partial charge in [0.05, 0.1) is 0 Å². The van der Waals surface area contributed by atoms with Crippen molar-refractivity contribution < 1.29 is 0 Å². The fourth-order valence-electron chi connectivity index (χ4n) is 0.809. The van der Waals surface area contributed by atoms with Crippen molar-refractivity contribution in [3.8, 4) is 0 Å². The molecule has 1 atom stereocenters. The van der Waals surface area contributed by atoms with Crippen molar-refractivity contribution in [2.45, 2.75) is 19.9 Å². The standard InChI is InChI=1S/C8H13NS/c1-6(2)8(9)7-4-3-5-10-7/h3-6,8H,9H2,1-2H3/t8-/m0/s1. The zero-order valence-corrected chi connectivity index (χ0v) is 7.19. The highest BCUT2D eigenvalue weighted by atomic mass is 32.1. The van der Waals surface area contributed by atoms with Crippen molar-refractivity contribution in [2.24, 2.45) is 11.7 Å². The molecule has 0 aliphatic rings. The quantitative estimate of drug-likeness (QED) is 0.697. The largest absolute Gasteiger partial charge is 0.323 e. The minimum atomic E-state index is 0.222. The van der Waals surface area contributed by atoms with Crippen LogP contribution in [-0.4, -0.2) is 0 Å². The Bertz CT molecular complexity index is 179. The van der Waals surface area contributed by atoms with Crippen LogP contribution in [0.4, 0.5) is 0 Å². The molecule has 1 aromatic rings. The Morgan fingerprint density at radius 3 is 2.60 bits per heavy atom. The van der Waals surface area contributed by atoms with Crippen molar-refractivity contribution in [3.05, 3.63) is 22.4 Å². The first kappa shape index (κ1) is 7.76. The normalized spacial score (nSPS) is 14.0. The lowest BCUT2D eigenvalue weighted by atomic mass is 10.0. The van der Waals surface area contributed by atoms with Gasteiger partial charge in [0, 0.05) is 10.9 Å². The molecule has 56 valence electrons. The van der Waals surface area contributed by atoms with E-state index in [-0.39, 0.29) is 6.04 Å². The van der Waals surface area contributed by atoms with Crippen LogP contribution in [0.15, 0.2) is 17.5 Å². The van der Waals surface area contributed by atoms with Crippen LogP contribution in [0, 0.1) is 5.92 Å². The molecular formula is C8H13NS. The molecule has 0 aromatic carbocycles. The smallest absolute Gasteiger partial charge is 0.0413 e. The molecule has 2 heteroatoms. The molecule has 0 fully saturated rings. The van der Waals surface area contributed by atoms with E-state index in [1.165, 1.54) is 4.88 Å². The molecule has 0 aliphatic heterocycles. The van der Waals surface area contributed by atoms with E-state index in [4.69, 9.17) is 5.73 Å². The highest BCUT2D eigenvalue weighted by Crippen LogP contribution is 2.22. The zero-order valence-electron chi connectivity index (χ0n) is 6.37. The van der Waals surface area contributed by atoms with Crippen molar-refractivity contribution >= 4 is 11.3 Å². The van der Waals surface area contributed by atoms with E-state index < -0.39 is 0 Å². The van der Waals surface area contributed by atoms with Gasteiger partial charge in [-0.25, -0.2) is 0 Å². The van der Waals surface area contributed by atoms with Gasteiger partial charge in [0.25, 0.3) is 0 Å². The predicted octanol–water partition coefficient (Wildman–Crippen LogP) is 2.40. The predicted molar refractivity (Wildman–Crippen MR) is 46.1 cm³/mol. The average Bonchev–Trinajstić information content (AvgIpc) is 2.36. The first-order chi connectivity index (χ1) is 4.72. The molecule has 0 bridgehead atoms. The van der Waals surface area contributed by atoms with Gasteiger partial charge in [-0.15, -0.1) is 11.3 Å². The number of hydrogen-bond donors (Lipinski definition) is 1. The second kappa shape index (κ2) is 3.17. The fraction of sp³-hybridized carbons (Fsp3) is 0.500. The van der Waals surface area contributed by atoms with E-state index in [1.807, 2.05) is 6.07 Å². The lowest BCUT2D eigenvalue weighted by Crippen LogP contribution is -2.14. The first-order valence-corrected chi connectivity index (χ1v) is 4.38. The van der Waals surface area contributed by atoms with Gasteiger partial charge in [-0.1, -0.05) is 19.9 Å². The lowest BCUT2D eigenvalue weighted by molar-refractivity contribution is 0.521. The molecule has 1 nitrogen and oxygen atoms in total. The molecular weight excluding hydrogens is 142 g/mol. The SMILES string of the molecule is CC(C)[C@H](N)c1cccs1. The second-order valence-electron chi connectivity index (χ2n) is 2.79. The molecule has 1 aromatic heterocycles. The summed E-state index contributed by atoms with van der Waals surface area (Å²) >= 11 is 1.73. The van der Waals surface area contributed by atoms with Gasteiger partial charge in [0.2, 0.25) is 0 Å². The van der Waals surface area contributed by atoms with E-state index in [0.717, 1.165) is 0 Å². The van der Waals surface area contributed by atoms with E-state index in [9.17, 15) is 0 Å². The third-order valence-corrected chi connectivity index (χ3v) is 2.56. The molecule has 10 heavy (non-hydrogen) atoms. The van der Waals surface area contributed by atoms with Crippen molar-refractivity contribution in [1.82, 2.24) is 0 Å². The summed E-state index contributed by atoms with van der Waals surface area (Å²) in [6.45, 7) is 4.29. The lowest BCUT2D eigenvalue weighted by Gasteiger charge is -2.12. The summed E-state index contributed by atoms with van der Waals surface area (Å²) in [5, 5.41) is 2.07. The number of rotatable bonds is 2. The van der Waals surface area contributed by atoms with Gasteiger partial charge in [0.1, 0.15) is 0 Å². The number of hydrogen-bond acceptors (Lipinski definition) is 2. The maximum Gasteiger partial charge on any atom is 0.0413 e. The van der Waals surface area contributed by atoms with Crippen LogP contribution in [0.3, 0.4) is 0 Å². The maximum atomic E-state index is 5.89. The van der Waals surface area contributed by atoms with Gasteiger partial charge in [0.15, 0.2) is 0 Å². The van der Waals surface area contributed by atoms with Gasteiger partial charge in [-0.3, -0.25) is 0 Å².